The van der Waals surface area contributed by atoms with Gasteiger partial charge in [0.15, 0.2) is 6.10 Å². The molecule has 3 amide bonds. The van der Waals surface area contributed by atoms with Gasteiger partial charge in [0, 0.05) is 18.3 Å². The number of hydrogen-bond donors (Lipinski definition) is 3. The highest BCUT2D eigenvalue weighted by atomic mass is 16.5. The van der Waals surface area contributed by atoms with E-state index in [4.69, 9.17) is 4.74 Å². The van der Waals surface area contributed by atoms with Gasteiger partial charge in [-0.3, -0.25) is 4.79 Å². The van der Waals surface area contributed by atoms with Crippen LogP contribution in [0, 0.1) is 0 Å². The average Bonchev–Trinajstić information content (AvgIpc) is 2.66. The summed E-state index contributed by atoms with van der Waals surface area (Å²) < 4.78 is 5.76. The topological polar surface area (TPSA) is 79.5 Å². The quantitative estimate of drug-likeness (QED) is 0.623. The summed E-state index contributed by atoms with van der Waals surface area (Å²) >= 11 is 0. The number of amides is 3. The lowest BCUT2D eigenvalue weighted by atomic mass is 9.87. The van der Waals surface area contributed by atoms with Gasteiger partial charge >= 0.3 is 6.03 Å². The molecule has 3 N–H and O–H groups in total. The van der Waals surface area contributed by atoms with Gasteiger partial charge in [-0.05, 0) is 61.6 Å². The van der Waals surface area contributed by atoms with Crippen LogP contribution in [-0.2, 0) is 16.8 Å². The Labute approximate surface area is 179 Å². The molecule has 1 atom stereocenters. The maximum atomic E-state index is 12.4. The van der Waals surface area contributed by atoms with Gasteiger partial charge in [-0.1, -0.05) is 45.0 Å². The molecule has 0 heterocycles. The van der Waals surface area contributed by atoms with Crippen LogP contribution in [0.25, 0.3) is 0 Å². The standard InChI is InChI=1S/C24H33N3O3/c1-16(2)26-23(29)27-20-11-7-18(8-12-20)15-25-22(28)17(3)30-21-13-9-19(10-14-21)24(4,5)6/h7-14,16-17H,15H2,1-6H3,(H,25,28)(H2,26,27,29). The average molecular weight is 412 g/mol. The van der Waals surface area contributed by atoms with E-state index in [0.717, 1.165) is 5.56 Å². The Morgan fingerprint density at radius 2 is 1.53 bits per heavy atom. The Kier molecular flexibility index (Phi) is 7.86. The number of ether oxygens (including phenoxy) is 1. The molecule has 2 aromatic rings. The van der Waals surface area contributed by atoms with Crippen molar-refractivity contribution < 1.29 is 14.3 Å². The van der Waals surface area contributed by atoms with Crippen LogP contribution in [0.4, 0.5) is 10.5 Å². The SMILES string of the molecule is CC(C)NC(=O)Nc1ccc(CNC(=O)C(C)Oc2ccc(C(C)(C)C)cc2)cc1. The van der Waals surface area contributed by atoms with E-state index in [1.165, 1.54) is 5.56 Å². The monoisotopic (exact) mass is 411 g/mol. The second-order valence-corrected chi connectivity index (χ2v) is 8.70. The zero-order valence-electron chi connectivity index (χ0n) is 18.7. The third-order valence-electron chi connectivity index (χ3n) is 4.50. The summed E-state index contributed by atoms with van der Waals surface area (Å²) in [4.78, 5) is 24.1. The van der Waals surface area contributed by atoms with Crippen LogP contribution in [0.2, 0.25) is 0 Å². The number of carbonyl (C=O) groups excluding carboxylic acids is 2. The summed E-state index contributed by atoms with van der Waals surface area (Å²) in [6.45, 7) is 12.4. The van der Waals surface area contributed by atoms with Crippen molar-refractivity contribution in [1.82, 2.24) is 10.6 Å². The summed E-state index contributed by atoms with van der Waals surface area (Å²) in [5.41, 5.74) is 2.91. The number of benzene rings is 2. The number of urea groups is 1. The van der Waals surface area contributed by atoms with E-state index in [9.17, 15) is 9.59 Å². The van der Waals surface area contributed by atoms with Gasteiger partial charge in [-0.25, -0.2) is 4.79 Å². The Bertz CT molecular complexity index is 837. The molecule has 0 spiro atoms. The van der Waals surface area contributed by atoms with Crippen LogP contribution in [0.3, 0.4) is 0 Å². The maximum absolute atomic E-state index is 12.4. The molecule has 0 aliphatic carbocycles. The van der Waals surface area contributed by atoms with Crippen LogP contribution in [0.15, 0.2) is 48.5 Å². The Morgan fingerprint density at radius 3 is 2.07 bits per heavy atom. The summed E-state index contributed by atoms with van der Waals surface area (Å²) in [6, 6.07) is 15.0. The summed E-state index contributed by atoms with van der Waals surface area (Å²) in [5.74, 6) is 0.481. The van der Waals surface area contributed by atoms with Crippen molar-refractivity contribution in [2.45, 2.75) is 65.6 Å². The smallest absolute Gasteiger partial charge is 0.319 e. The lowest BCUT2D eigenvalue weighted by Crippen LogP contribution is -2.36. The number of nitrogens with one attached hydrogen (secondary N) is 3. The van der Waals surface area contributed by atoms with E-state index in [2.05, 4.69) is 36.7 Å². The molecule has 0 bridgehead atoms. The Hall–Kier alpha value is -3.02. The van der Waals surface area contributed by atoms with E-state index in [1.54, 1.807) is 19.1 Å². The van der Waals surface area contributed by atoms with Gasteiger partial charge in [-0.15, -0.1) is 0 Å². The number of rotatable bonds is 7. The van der Waals surface area contributed by atoms with Gasteiger partial charge in [0.1, 0.15) is 5.75 Å². The normalized spacial score (nSPS) is 12.2. The zero-order chi connectivity index (χ0) is 22.3. The number of hydrogen-bond acceptors (Lipinski definition) is 3. The van der Waals surface area contributed by atoms with E-state index in [1.807, 2.05) is 50.2 Å². The largest absolute Gasteiger partial charge is 0.481 e. The lowest BCUT2D eigenvalue weighted by Gasteiger charge is -2.20. The van der Waals surface area contributed by atoms with Crippen molar-refractivity contribution in [1.29, 1.82) is 0 Å². The minimum Gasteiger partial charge on any atom is -0.481 e. The van der Waals surface area contributed by atoms with E-state index >= 15 is 0 Å². The highest BCUT2D eigenvalue weighted by Gasteiger charge is 2.16. The van der Waals surface area contributed by atoms with Crippen molar-refractivity contribution in [3.05, 3.63) is 59.7 Å². The highest BCUT2D eigenvalue weighted by molar-refractivity contribution is 5.89. The molecular weight excluding hydrogens is 378 g/mol. The molecule has 0 radical (unpaired) electrons. The van der Waals surface area contributed by atoms with E-state index in [-0.39, 0.29) is 23.4 Å². The van der Waals surface area contributed by atoms with Gasteiger partial charge in [-0.2, -0.15) is 0 Å². The van der Waals surface area contributed by atoms with Crippen molar-refractivity contribution >= 4 is 17.6 Å². The van der Waals surface area contributed by atoms with Gasteiger partial charge in [0.25, 0.3) is 5.91 Å². The second-order valence-electron chi connectivity index (χ2n) is 8.70. The molecule has 0 aliphatic rings. The fourth-order valence-corrected chi connectivity index (χ4v) is 2.76. The van der Waals surface area contributed by atoms with Crippen LogP contribution in [0.1, 0.15) is 52.7 Å². The molecule has 6 nitrogen and oxygen atoms in total. The predicted molar refractivity (Wildman–Crippen MR) is 121 cm³/mol. The molecule has 2 aromatic carbocycles. The van der Waals surface area contributed by atoms with Gasteiger partial charge in [0.05, 0.1) is 0 Å². The number of carbonyl (C=O) groups is 2. The first kappa shape index (κ1) is 23.3. The van der Waals surface area contributed by atoms with Crippen molar-refractivity contribution in [2.75, 3.05) is 5.32 Å². The summed E-state index contributed by atoms with van der Waals surface area (Å²) in [7, 11) is 0. The molecular formula is C24H33N3O3. The van der Waals surface area contributed by atoms with Crippen LogP contribution in [-0.4, -0.2) is 24.1 Å². The first-order valence-corrected chi connectivity index (χ1v) is 10.3. The first-order chi connectivity index (χ1) is 14.0. The molecule has 0 aromatic heterocycles. The number of anilines is 1. The van der Waals surface area contributed by atoms with E-state index in [0.29, 0.717) is 18.0 Å². The fraction of sp³-hybridized carbons (Fsp3) is 0.417. The molecule has 2 rings (SSSR count). The molecule has 162 valence electrons. The summed E-state index contributed by atoms with van der Waals surface area (Å²) in [6.07, 6.45) is -0.605. The summed E-state index contributed by atoms with van der Waals surface area (Å²) in [5, 5.41) is 8.41. The van der Waals surface area contributed by atoms with Crippen molar-refractivity contribution in [3.8, 4) is 5.75 Å². The van der Waals surface area contributed by atoms with Gasteiger partial charge < -0.3 is 20.7 Å². The van der Waals surface area contributed by atoms with Crippen molar-refractivity contribution in [2.24, 2.45) is 0 Å². The van der Waals surface area contributed by atoms with Gasteiger partial charge in [0.2, 0.25) is 0 Å². The van der Waals surface area contributed by atoms with Crippen LogP contribution < -0.4 is 20.7 Å². The zero-order valence-corrected chi connectivity index (χ0v) is 18.7. The fourth-order valence-electron chi connectivity index (χ4n) is 2.76. The second kappa shape index (κ2) is 10.1. The lowest BCUT2D eigenvalue weighted by molar-refractivity contribution is -0.127. The van der Waals surface area contributed by atoms with Crippen molar-refractivity contribution in [3.63, 3.8) is 0 Å². The highest BCUT2D eigenvalue weighted by Crippen LogP contribution is 2.24. The third kappa shape index (κ3) is 7.43. The molecule has 1 unspecified atom stereocenters. The molecule has 0 saturated carbocycles. The predicted octanol–water partition coefficient (Wildman–Crippen LogP) is 4.60. The van der Waals surface area contributed by atoms with E-state index < -0.39 is 6.10 Å². The van der Waals surface area contributed by atoms with Crippen LogP contribution in [0.5, 0.6) is 5.75 Å². The Morgan fingerprint density at radius 1 is 0.933 bits per heavy atom. The molecule has 0 fully saturated rings. The molecule has 0 saturated heterocycles. The molecule has 30 heavy (non-hydrogen) atoms. The molecule has 0 aliphatic heterocycles. The first-order valence-electron chi connectivity index (χ1n) is 10.3. The minimum absolute atomic E-state index is 0.0696. The Balaban J connectivity index is 1.82. The van der Waals surface area contributed by atoms with Crippen LogP contribution >= 0.6 is 0 Å². The third-order valence-corrected chi connectivity index (χ3v) is 4.50. The maximum Gasteiger partial charge on any atom is 0.319 e. The molecule has 6 heteroatoms. The minimum atomic E-state index is -0.605.